The van der Waals surface area contributed by atoms with Crippen LogP contribution >= 0.6 is 0 Å². The van der Waals surface area contributed by atoms with Gasteiger partial charge in [-0.05, 0) is 48.9 Å². The molecule has 0 aromatic carbocycles. The van der Waals surface area contributed by atoms with E-state index in [0.717, 1.165) is 25.0 Å². The van der Waals surface area contributed by atoms with Crippen molar-refractivity contribution in [1.29, 1.82) is 0 Å². The predicted molar refractivity (Wildman–Crippen MR) is 104 cm³/mol. The van der Waals surface area contributed by atoms with E-state index in [9.17, 15) is 4.79 Å². The molecule has 0 spiro atoms. The summed E-state index contributed by atoms with van der Waals surface area (Å²) in [7, 11) is -1.81. The van der Waals surface area contributed by atoms with Gasteiger partial charge in [0.2, 0.25) is 8.32 Å². The van der Waals surface area contributed by atoms with Gasteiger partial charge in [0.1, 0.15) is 5.78 Å². The molecule has 0 unspecified atom stereocenters. The molecule has 0 amide bonds. The number of rotatable bonds is 2. The first-order chi connectivity index (χ1) is 10.9. The second kappa shape index (κ2) is 6.62. The summed E-state index contributed by atoms with van der Waals surface area (Å²) < 4.78 is 6.63. The van der Waals surface area contributed by atoms with Crippen LogP contribution in [0.4, 0.5) is 0 Å². The molecule has 2 nitrogen and oxygen atoms in total. The summed E-state index contributed by atoms with van der Waals surface area (Å²) in [5.41, 5.74) is -0.208. The van der Waals surface area contributed by atoms with Crippen molar-refractivity contribution >= 4 is 14.1 Å². The van der Waals surface area contributed by atoms with Crippen LogP contribution in [0.25, 0.3) is 0 Å². The van der Waals surface area contributed by atoms with Crippen LogP contribution in [0.15, 0.2) is 11.8 Å². The van der Waals surface area contributed by atoms with Crippen LogP contribution in [0.2, 0.25) is 18.1 Å². The van der Waals surface area contributed by atoms with Crippen LogP contribution in [0, 0.1) is 23.2 Å². The van der Waals surface area contributed by atoms with Gasteiger partial charge in [0.25, 0.3) is 0 Å². The van der Waals surface area contributed by atoms with Crippen LogP contribution in [0.3, 0.4) is 0 Å². The van der Waals surface area contributed by atoms with Crippen molar-refractivity contribution < 1.29 is 9.22 Å². The summed E-state index contributed by atoms with van der Waals surface area (Å²) in [5.74, 6) is 2.56. The molecule has 2 aliphatic rings. The number of Topliss-reactive ketones (excluding diaryl/α,β-unsaturated/α-hetero) is 1. The highest BCUT2D eigenvalue weighted by Crippen LogP contribution is 2.51. The van der Waals surface area contributed by atoms with E-state index in [1.165, 1.54) is 12.8 Å². The Balaban J connectivity index is 2.30. The number of ketones is 1. The lowest BCUT2D eigenvalue weighted by Crippen LogP contribution is -2.48. The van der Waals surface area contributed by atoms with E-state index in [1.807, 2.05) is 0 Å². The Morgan fingerprint density at radius 1 is 1.17 bits per heavy atom. The Morgan fingerprint density at radius 2 is 1.75 bits per heavy atom. The lowest BCUT2D eigenvalue weighted by atomic mass is 9.57. The number of carbonyl (C=O) groups is 1. The summed E-state index contributed by atoms with van der Waals surface area (Å²) >= 11 is 0. The van der Waals surface area contributed by atoms with Gasteiger partial charge in [-0.3, -0.25) is 4.79 Å². The van der Waals surface area contributed by atoms with Gasteiger partial charge in [-0.25, -0.2) is 0 Å². The average Bonchev–Trinajstić information content (AvgIpc) is 2.44. The molecule has 0 heterocycles. The van der Waals surface area contributed by atoms with Gasteiger partial charge in [-0.1, -0.05) is 54.4 Å². The number of carbonyl (C=O) groups excluding carboxylic acids is 1. The minimum absolute atomic E-state index is 0.205. The van der Waals surface area contributed by atoms with E-state index in [1.54, 1.807) is 0 Å². The highest BCUT2D eigenvalue weighted by Gasteiger charge is 2.50. The Kier molecular flexibility index (Phi) is 5.45. The molecule has 0 bridgehead atoms. The number of allylic oxidation sites excluding steroid dienone is 2. The summed E-state index contributed by atoms with van der Waals surface area (Å²) in [6.45, 7) is 18.1. The molecule has 0 aliphatic heterocycles. The highest BCUT2D eigenvalue weighted by molar-refractivity contribution is 6.74. The molecule has 0 radical (unpaired) electrons. The van der Waals surface area contributed by atoms with Gasteiger partial charge < -0.3 is 4.43 Å². The Morgan fingerprint density at radius 3 is 2.33 bits per heavy atom. The Labute approximate surface area is 150 Å². The first kappa shape index (κ1) is 19.7. The van der Waals surface area contributed by atoms with Crippen molar-refractivity contribution in [3.05, 3.63) is 11.8 Å². The maximum Gasteiger partial charge on any atom is 0.250 e. The van der Waals surface area contributed by atoms with E-state index in [4.69, 9.17) is 4.43 Å². The maximum atomic E-state index is 13.2. The molecule has 3 heteroatoms. The minimum Gasteiger partial charge on any atom is -0.547 e. The van der Waals surface area contributed by atoms with Gasteiger partial charge in [-0.2, -0.15) is 0 Å². The number of hydrogen-bond donors (Lipinski definition) is 0. The van der Waals surface area contributed by atoms with Crippen LogP contribution in [-0.2, 0) is 9.22 Å². The van der Waals surface area contributed by atoms with E-state index in [2.05, 4.69) is 60.7 Å². The molecule has 138 valence electrons. The molecule has 0 aromatic heterocycles. The van der Waals surface area contributed by atoms with Crippen LogP contribution in [0.1, 0.15) is 73.6 Å². The van der Waals surface area contributed by atoms with Crippen molar-refractivity contribution in [3.63, 3.8) is 0 Å². The lowest BCUT2D eigenvalue weighted by molar-refractivity contribution is -0.139. The smallest absolute Gasteiger partial charge is 0.250 e. The van der Waals surface area contributed by atoms with Gasteiger partial charge in [-0.15, -0.1) is 0 Å². The number of hydrogen-bond acceptors (Lipinski definition) is 2. The lowest BCUT2D eigenvalue weighted by Gasteiger charge is -2.48. The molecule has 2 aliphatic carbocycles. The monoisotopic (exact) mass is 350 g/mol. The van der Waals surface area contributed by atoms with Crippen molar-refractivity contribution in [2.45, 2.75) is 91.8 Å². The summed E-state index contributed by atoms with van der Waals surface area (Å²) in [4.78, 5) is 13.2. The molecule has 0 saturated heterocycles. The van der Waals surface area contributed by atoms with Crippen LogP contribution < -0.4 is 0 Å². The molecule has 24 heavy (non-hydrogen) atoms. The van der Waals surface area contributed by atoms with E-state index < -0.39 is 8.32 Å². The molecule has 2 rings (SSSR count). The normalized spacial score (nSPS) is 35.6. The fraction of sp³-hybridized carbons (Fsp3) is 0.857. The third kappa shape index (κ3) is 3.52. The van der Waals surface area contributed by atoms with Crippen LogP contribution in [0.5, 0.6) is 0 Å². The largest absolute Gasteiger partial charge is 0.547 e. The van der Waals surface area contributed by atoms with E-state index >= 15 is 0 Å². The topological polar surface area (TPSA) is 26.3 Å². The van der Waals surface area contributed by atoms with Gasteiger partial charge in [0.15, 0.2) is 0 Å². The molecule has 1 saturated carbocycles. The second-order valence-electron chi connectivity index (χ2n) is 10.0. The number of fused-ring (bicyclic) bond motifs is 1. The Bertz CT molecular complexity index is 514. The summed E-state index contributed by atoms with van der Waals surface area (Å²) in [6.07, 6.45) is 7.89. The third-order valence-electron chi connectivity index (χ3n) is 7.29. The van der Waals surface area contributed by atoms with E-state index in [-0.39, 0.29) is 22.3 Å². The predicted octanol–water partition coefficient (Wildman–Crippen LogP) is 6.33. The first-order valence-corrected chi connectivity index (χ1v) is 12.7. The standard InChI is InChI=1S/C21H38O2Si/c1-15-11-9-10-12-17-14-18(23-24(7,8)20(3,4)5)13-16(2)21(17,6)19(15)22/h13,15-17H,9-12,14H2,1-8H3/t15-,16-,17+,21-/m1/s1. The Hall–Kier alpha value is -0.573. The van der Waals surface area contributed by atoms with Crippen molar-refractivity contribution in [2.24, 2.45) is 23.2 Å². The molecule has 4 atom stereocenters. The molecular weight excluding hydrogens is 312 g/mol. The minimum atomic E-state index is -1.81. The van der Waals surface area contributed by atoms with Crippen molar-refractivity contribution in [2.75, 3.05) is 0 Å². The fourth-order valence-corrected chi connectivity index (χ4v) is 5.35. The van der Waals surface area contributed by atoms with Gasteiger partial charge >= 0.3 is 0 Å². The van der Waals surface area contributed by atoms with E-state index in [0.29, 0.717) is 11.7 Å². The van der Waals surface area contributed by atoms with Crippen LogP contribution in [-0.4, -0.2) is 14.1 Å². The first-order valence-electron chi connectivity index (χ1n) is 9.83. The zero-order valence-corrected chi connectivity index (χ0v) is 18.2. The summed E-state index contributed by atoms with van der Waals surface area (Å²) in [6, 6.07) is 0. The quantitative estimate of drug-likeness (QED) is 0.544. The maximum absolute atomic E-state index is 13.2. The zero-order valence-electron chi connectivity index (χ0n) is 17.2. The van der Waals surface area contributed by atoms with Crippen molar-refractivity contribution in [3.8, 4) is 0 Å². The molecule has 0 N–H and O–H groups in total. The van der Waals surface area contributed by atoms with Crippen molar-refractivity contribution in [1.82, 2.24) is 0 Å². The fourth-order valence-electron chi connectivity index (χ4n) is 4.23. The SMILES string of the molecule is C[C@@H]1CCCC[C@H]2CC(O[Si](C)(C)C(C)(C)C)=C[C@@H](C)[C@@]2(C)C1=O. The molecule has 1 fully saturated rings. The van der Waals surface area contributed by atoms with Gasteiger partial charge in [0.05, 0.1) is 5.76 Å². The average molecular weight is 351 g/mol. The van der Waals surface area contributed by atoms with Gasteiger partial charge in [0, 0.05) is 17.8 Å². The second-order valence-corrected chi connectivity index (χ2v) is 14.7. The molecule has 0 aromatic rings. The highest BCUT2D eigenvalue weighted by atomic mass is 28.4. The molecular formula is C21H38O2Si. The zero-order chi connectivity index (χ0) is 18.3. The third-order valence-corrected chi connectivity index (χ3v) is 11.7. The summed E-state index contributed by atoms with van der Waals surface area (Å²) in [5, 5.41) is 0.211.